The van der Waals surface area contributed by atoms with Crippen molar-refractivity contribution in [3.63, 3.8) is 0 Å². The van der Waals surface area contributed by atoms with Crippen molar-refractivity contribution in [1.29, 1.82) is 0 Å². The molecular weight excluding hydrogens is 407 g/mol. The third-order valence-corrected chi connectivity index (χ3v) is 3.69. The summed E-state index contributed by atoms with van der Waals surface area (Å²) in [6, 6.07) is 9.11. The first-order valence-corrected chi connectivity index (χ1v) is 8.37. The van der Waals surface area contributed by atoms with Gasteiger partial charge >= 0.3 is 12.1 Å². The fourth-order valence-corrected chi connectivity index (χ4v) is 2.18. The van der Waals surface area contributed by atoms with Gasteiger partial charge in [-0.25, -0.2) is 0 Å². The van der Waals surface area contributed by atoms with Gasteiger partial charge < -0.3 is 21.1 Å². The summed E-state index contributed by atoms with van der Waals surface area (Å²) in [5.74, 6) is -2.99. The maximum atomic E-state index is 12.5. The molecule has 0 aliphatic heterocycles. The molecule has 0 radical (unpaired) electrons. The van der Waals surface area contributed by atoms with Crippen LogP contribution in [0.5, 0.6) is 0 Å². The monoisotopic (exact) mass is 423 g/mol. The van der Waals surface area contributed by atoms with Crippen LogP contribution < -0.4 is 16.4 Å². The van der Waals surface area contributed by atoms with Gasteiger partial charge in [0.15, 0.2) is 6.61 Å². The van der Waals surface area contributed by atoms with Crippen LogP contribution in [0.3, 0.4) is 0 Å². The van der Waals surface area contributed by atoms with Crippen LogP contribution in [0.25, 0.3) is 0 Å². The predicted octanol–water partition coefficient (Wildman–Crippen LogP) is 1.72. The van der Waals surface area contributed by atoms with Crippen LogP contribution in [-0.4, -0.2) is 36.8 Å². The molecule has 11 heteroatoms. The molecule has 0 aliphatic rings. The quantitative estimate of drug-likeness (QED) is 0.585. The molecule has 3 amide bonds. The number of primary amides is 1. The van der Waals surface area contributed by atoms with E-state index in [2.05, 4.69) is 10.6 Å². The Bertz CT molecular complexity index is 941. The fourth-order valence-electron chi connectivity index (χ4n) is 2.18. The van der Waals surface area contributed by atoms with Gasteiger partial charge in [0, 0.05) is 16.8 Å². The number of nitrogens with one attached hydrogen (secondary N) is 2. The summed E-state index contributed by atoms with van der Waals surface area (Å²) < 4.78 is 42.2. The minimum absolute atomic E-state index is 0.0760. The number of carbonyl (C=O) groups is 4. The Kier molecular flexibility index (Phi) is 7.13. The second-order valence-corrected chi connectivity index (χ2v) is 5.91. The molecule has 0 spiro atoms. The number of halogens is 3. The Balaban J connectivity index is 1.75. The van der Waals surface area contributed by atoms with E-state index in [9.17, 15) is 32.3 Å². The van der Waals surface area contributed by atoms with E-state index in [1.807, 2.05) is 0 Å². The molecule has 30 heavy (non-hydrogen) atoms. The molecule has 0 unspecified atom stereocenters. The summed E-state index contributed by atoms with van der Waals surface area (Å²) in [5, 5.41) is 4.60. The van der Waals surface area contributed by atoms with Crippen molar-refractivity contribution < 1.29 is 37.1 Å². The van der Waals surface area contributed by atoms with Crippen molar-refractivity contribution in [2.75, 3.05) is 18.5 Å². The van der Waals surface area contributed by atoms with E-state index in [0.717, 1.165) is 24.3 Å². The Hall–Kier alpha value is -3.89. The third-order valence-electron chi connectivity index (χ3n) is 3.69. The first-order chi connectivity index (χ1) is 14.1. The van der Waals surface area contributed by atoms with Crippen LogP contribution in [0.15, 0.2) is 48.5 Å². The predicted molar refractivity (Wildman–Crippen MR) is 98.3 cm³/mol. The van der Waals surface area contributed by atoms with Crippen LogP contribution in [0.2, 0.25) is 0 Å². The van der Waals surface area contributed by atoms with Gasteiger partial charge in [-0.15, -0.1) is 0 Å². The molecule has 2 rings (SSSR count). The van der Waals surface area contributed by atoms with E-state index in [1.165, 1.54) is 24.3 Å². The minimum Gasteiger partial charge on any atom is -0.454 e. The molecular formula is C19H16F3N3O5. The van der Waals surface area contributed by atoms with Gasteiger partial charge in [-0.2, -0.15) is 13.2 Å². The van der Waals surface area contributed by atoms with Crippen LogP contribution in [-0.2, 0) is 20.5 Å². The molecule has 0 aliphatic carbocycles. The van der Waals surface area contributed by atoms with Crippen molar-refractivity contribution in [3.8, 4) is 0 Å². The average Bonchev–Trinajstić information content (AvgIpc) is 2.70. The number of hydrogen-bond acceptors (Lipinski definition) is 5. The molecule has 0 saturated carbocycles. The van der Waals surface area contributed by atoms with E-state index >= 15 is 0 Å². The van der Waals surface area contributed by atoms with Crippen LogP contribution in [0, 0.1) is 0 Å². The summed E-state index contributed by atoms with van der Waals surface area (Å²) in [6.07, 6.45) is -4.52. The van der Waals surface area contributed by atoms with Gasteiger partial charge in [0.1, 0.15) is 6.54 Å². The summed E-state index contributed by atoms with van der Waals surface area (Å²) in [5.41, 5.74) is 4.71. The molecule has 158 valence electrons. The second kappa shape index (κ2) is 9.54. The first kappa shape index (κ1) is 22.4. The number of esters is 1. The van der Waals surface area contributed by atoms with Crippen LogP contribution in [0.1, 0.15) is 26.3 Å². The summed E-state index contributed by atoms with van der Waals surface area (Å²) >= 11 is 0. The lowest BCUT2D eigenvalue weighted by atomic mass is 10.1. The molecule has 0 bridgehead atoms. The summed E-state index contributed by atoms with van der Waals surface area (Å²) in [4.78, 5) is 46.2. The molecule has 2 aromatic carbocycles. The molecule has 0 fully saturated rings. The standard InChI is InChI=1S/C19H16F3N3O5/c20-19(21,22)13-5-1-12(2-6-13)18(29)24-9-16(27)30-10-15(26)25-14-7-3-11(4-8-14)17(23)28/h1-8H,9-10H2,(H2,23,28)(H,24,29)(H,25,26). The van der Waals surface area contributed by atoms with E-state index in [4.69, 9.17) is 10.5 Å². The molecule has 0 saturated heterocycles. The number of nitrogens with two attached hydrogens (primary N) is 1. The van der Waals surface area contributed by atoms with Gasteiger partial charge in [0.2, 0.25) is 5.91 Å². The van der Waals surface area contributed by atoms with Crippen LogP contribution in [0.4, 0.5) is 18.9 Å². The van der Waals surface area contributed by atoms with Crippen LogP contribution >= 0.6 is 0 Å². The highest BCUT2D eigenvalue weighted by Gasteiger charge is 2.30. The van der Waals surface area contributed by atoms with E-state index in [0.29, 0.717) is 5.69 Å². The lowest BCUT2D eigenvalue weighted by molar-refractivity contribution is -0.146. The lowest BCUT2D eigenvalue weighted by Gasteiger charge is -2.09. The Morgan fingerprint density at radius 2 is 1.47 bits per heavy atom. The largest absolute Gasteiger partial charge is 0.454 e. The smallest absolute Gasteiger partial charge is 0.416 e. The van der Waals surface area contributed by atoms with Crippen molar-refractivity contribution in [2.45, 2.75) is 6.18 Å². The zero-order valence-electron chi connectivity index (χ0n) is 15.3. The molecule has 4 N–H and O–H groups in total. The molecule has 2 aromatic rings. The Morgan fingerprint density at radius 1 is 0.900 bits per heavy atom. The number of anilines is 1. The zero-order chi connectivity index (χ0) is 22.3. The van der Waals surface area contributed by atoms with E-state index in [-0.39, 0.29) is 11.1 Å². The molecule has 0 aromatic heterocycles. The topological polar surface area (TPSA) is 128 Å². The van der Waals surface area contributed by atoms with Gasteiger partial charge in [-0.05, 0) is 48.5 Å². The van der Waals surface area contributed by atoms with Crippen molar-refractivity contribution in [3.05, 3.63) is 65.2 Å². The van der Waals surface area contributed by atoms with E-state index < -0.39 is 48.6 Å². The highest BCUT2D eigenvalue weighted by Crippen LogP contribution is 2.29. The lowest BCUT2D eigenvalue weighted by Crippen LogP contribution is -2.32. The Morgan fingerprint density at radius 3 is 2.00 bits per heavy atom. The van der Waals surface area contributed by atoms with Crippen molar-refractivity contribution >= 4 is 29.4 Å². The molecule has 8 nitrogen and oxygen atoms in total. The number of alkyl halides is 3. The summed E-state index contributed by atoms with van der Waals surface area (Å²) in [6.45, 7) is -1.22. The number of ether oxygens (including phenoxy) is 1. The van der Waals surface area contributed by atoms with Crippen molar-refractivity contribution in [1.82, 2.24) is 5.32 Å². The van der Waals surface area contributed by atoms with Gasteiger partial charge in [0.05, 0.1) is 5.56 Å². The van der Waals surface area contributed by atoms with Crippen molar-refractivity contribution in [2.24, 2.45) is 5.73 Å². The number of rotatable bonds is 7. The third kappa shape index (κ3) is 6.62. The second-order valence-electron chi connectivity index (χ2n) is 5.91. The molecule has 0 heterocycles. The number of benzene rings is 2. The van der Waals surface area contributed by atoms with Gasteiger partial charge in [-0.3, -0.25) is 19.2 Å². The highest BCUT2D eigenvalue weighted by atomic mass is 19.4. The maximum absolute atomic E-state index is 12.5. The maximum Gasteiger partial charge on any atom is 0.416 e. The normalized spacial score (nSPS) is 10.8. The minimum atomic E-state index is -4.52. The first-order valence-electron chi connectivity index (χ1n) is 8.37. The zero-order valence-corrected chi connectivity index (χ0v) is 15.3. The fraction of sp³-hybridized carbons (Fsp3) is 0.158. The molecule has 0 atom stereocenters. The summed E-state index contributed by atoms with van der Waals surface area (Å²) in [7, 11) is 0. The number of carbonyl (C=O) groups excluding carboxylic acids is 4. The Labute approximate surface area is 168 Å². The number of hydrogen-bond donors (Lipinski definition) is 3. The van der Waals surface area contributed by atoms with E-state index in [1.54, 1.807) is 0 Å². The average molecular weight is 423 g/mol. The highest BCUT2D eigenvalue weighted by molar-refractivity contribution is 5.97. The number of amides is 3. The SMILES string of the molecule is NC(=O)c1ccc(NC(=O)COC(=O)CNC(=O)c2ccc(C(F)(F)F)cc2)cc1. The van der Waals surface area contributed by atoms with Gasteiger partial charge in [0.25, 0.3) is 11.8 Å². The van der Waals surface area contributed by atoms with Gasteiger partial charge in [-0.1, -0.05) is 0 Å².